The molecule has 0 atom stereocenters. The quantitative estimate of drug-likeness (QED) is 0.819. The van der Waals surface area contributed by atoms with Crippen LogP contribution in [0.25, 0.3) is 0 Å². The van der Waals surface area contributed by atoms with Gasteiger partial charge in [-0.1, -0.05) is 17.7 Å². The van der Waals surface area contributed by atoms with Crippen LogP contribution in [0.1, 0.15) is 11.5 Å². The van der Waals surface area contributed by atoms with Crippen LogP contribution in [0.5, 0.6) is 5.75 Å². The number of benzene rings is 1. The molecule has 1 heterocycles. The average molecular weight is 237 g/mol. The first-order chi connectivity index (χ1) is 7.66. The van der Waals surface area contributed by atoms with Gasteiger partial charge < -0.3 is 9.30 Å². The van der Waals surface area contributed by atoms with Gasteiger partial charge in [0.25, 0.3) is 0 Å². The van der Waals surface area contributed by atoms with Crippen LogP contribution in [-0.4, -0.2) is 9.55 Å². The lowest BCUT2D eigenvalue weighted by atomic mass is 10.3. The highest BCUT2D eigenvalue weighted by Crippen LogP contribution is 2.18. The standard InChI is InChI=1S/C12H13ClN2O/c1-9-14-7-11(15(9)2)8-16-12-5-3-4-10(13)6-12/h3-7H,8H2,1-2H3. The van der Waals surface area contributed by atoms with Crippen molar-refractivity contribution in [2.24, 2.45) is 7.05 Å². The van der Waals surface area contributed by atoms with Gasteiger partial charge in [0.1, 0.15) is 18.2 Å². The first-order valence-corrected chi connectivity index (χ1v) is 5.40. The van der Waals surface area contributed by atoms with Gasteiger partial charge in [-0.3, -0.25) is 0 Å². The van der Waals surface area contributed by atoms with Crippen molar-refractivity contribution < 1.29 is 4.74 Å². The van der Waals surface area contributed by atoms with E-state index in [1.54, 1.807) is 6.07 Å². The maximum absolute atomic E-state index is 5.86. The number of rotatable bonds is 3. The highest BCUT2D eigenvalue weighted by atomic mass is 35.5. The summed E-state index contributed by atoms with van der Waals surface area (Å²) in [4.78, 5) is 4.20. The van der Waals surface area contributed by atoms with Crippen LogP contribution < -0.4 is 4.74 Å². The maximum Gasteiger partial charge on any atom is 0.130 e. The van der Waals surface area contributed by atoms with Crippen molar-refractivity contribution >= 4 is 11.6 Å². The predicted molar refractivity (Wildman–Crippen MR) is 63.7 cm³/mol. The average Bonchev–Trinajstić information content (AvgIpc) is 2.57. The van der Waals surface area contributed by atoms with E-state index in [1.165, 1.54) is 0 Å². The Kier molecular flexibility index (Phi) is 3.15. The molecule has 0 amide bonds. The second kappa shape index (κ2) is 4.58. The maximum atomic E-state index is 5.86. The van der Waals surface area contributed by atoms with E-state index >= 15 is 0 Å². The summed E-state index contributed by atoms with van der Waals surface area (Å²) in [5, 5.41) is 0.679. The molecule has 0 aliphatic carbocycles. The summed E-state index contributed by atoms with van der Waals surface area (Å²) in [6.07, 6.45) is 1.82. The van der Waals surface area contributed by atoms with Gasteiger partial charge in [0, 0.05) is 12.1 Å². The van der Waals surface area contributed by atoms with Gasteiger partial charge in [0.2, 0.25) is 0 Å². The number of nitrogens with zero attached hydrogens (tertiary/aromatic N) is 2. The van der Waals surface area contributed by atoms with Gasteiger partial charge >= 0.3 is 0 Å². The Hall–Kier alpha value is -1.48. The third-order valence-electron chi connectivity index (χ3n) is 2.50. The second-order valence-corrected chi connectivity index (χ2v) is 4.04. The van der Waals surface area contributed by atoms with Crippen molar-refractivity contribution in [3.8, 4) is 5.75 Å². The van der Waals surface area contributed by atoms with Gasteiger partial charge in [0.15, 0.2) is 0 Å². The summed E-state index contributed by atoms with van der Waals surface area (Å²) in [6, 6.07) is 7.37. The smallest absolute Gasteiger partial charge is 0.130 e. The van der Waals surface area contributed by atoms with Gasteiger partial charge in [-0.2, -0.15) is 0 Å². The number of ether oxygens (including phenoxy) is 1. The molecular formula is C12H13ClN2O. The number of imidazole rings is 1. The summed E-state index contributed by atoms with van der Waals surface area (Å²) >= 11 is 5.86. The lowest BCUT2D eigenvalue weighted by Gasteiger charge is -2.07. The molecule has 0 bridgehead atoms. The largest absolute Gasteiger partial charge is 0.487 e. The van der Waals surface area contributed by atoms with Crippen LogP contribution in [0.15, 0.2) is 30.5 Å². The Morgan fingerprint density at radius 3 is 2.88 bits per heavy atom. The van der Waals surface area contributed by atoms with E-state index in [4.69, 9.17) is 16.3 Å². The molecular weight excluding hydrogens is 224 g/mol. The van der Waals surface area contributed by atoms with Crippen molar-refractivity contribution in [1.82, 2.24) is 9.55 Å². The SMILES string of the molecule is Cc1ncc(COc2cccc(Cl)c2)n1C. The zero-order valence-electron chi connectivity index (χ0n) is 9.27. The molecule has 0 N–H and O–H groups in total. The Labute approximate surface area is 99.6 Å². The van der Waals surface area contributed by atoms with Gasteiger partial charge in [0.05, 0.1) is 11.9 Å². The van der Waals surface area contributed by atoms with Crippen LogP contribution in [-0.2, 0) is 13.7 Å². The lowest BCUT2D eigenvalue weighted by molar-refractivity contribution is 0.297. The topological polar surface area (TPSA) is 27.1 Å². The minimum absolute atomic E-state index is 0.498. The van der Waals surface area contributed by atoms with Crippen LogP contribution >= 0.6 is 11.6 Å². The van der Waals surface area contributed by atoms with Crippen molar-refractivity contribution in [2.75, 3.05) is 0 Å². The van der Waals surface area contributed by atoms with E-state index in [0.29, 0.717) is 11.6 Å². The molecule has 16 heavy (non-hydrogen) atoms. The highest BCUT2D eigenvalue weighted by molar-refractivity contribution is 6.30. The molecule has 3 nitrogen and oxygen atoms in total. The van der Waals surface area contributed by atoms with Crippen LogP contribution in [0.4, 0.5) is 0 Å². The summed E-state index contributed by atoms with van der Waals surface area (Å²) in [5.41, 5.74) is 1.04. The van der Waals surface area contributed by atoms with Crippen LogP contribution in [0.2, 0.25) is 5.02 Å². The summed E-state index contributed by atoms with van der Waals surface area (Å²) in [5.74, 6) is 1.75. The molecule has 0 fully saturated rings. The molecule has 84 valence electrons. The van der Waals surface area contributed by atoms with Gasteiger partial charge in [-0.15, -0.1) is 0 Å². The molecule has 1 aromatic carbocycles. The number of aromatic nitrogens is 2. The van der Waals surface area contributed by atoms with E-state index < -0.39 is 0 Å². The minimum atomic E-state index is 0.498. The Morgan fingerprint density at radius 2 is 2.25 bits per heavy atom. The van der Waals surface area contributed by atoms with Gasteiger partial charge in [-0.05, 0) is 25.1 Å². The van der Waals surface area contributed by atoms with E-state index in [0.717, 1.165) is 17.3 Å². The summed E-state index contributed by atoms with van der Waals surface area (Å²) in [6.45, 7) is 2.46. The molecule has 2 aromatic rings. The molecule has 0 unspecified atom stereocenters. The molecule has 0 aliphatic rings. The molecule has 0 saturated heterocycles. The fourth-order valence-electron chi connectivity index (χ4n) is 1.40. The summed E-state index contributed by atoms with van der Waals surface area (Å²) < 4.78 is 7.63. The Bertz CT molecular complexity index is 494. The molecule has 0 radical (unpaired) electrons. The molecule has 0 spiro atoms. The predicted octanol–water partition coefficient (Wildman–Crippen LogP) is 2.96. The first kappa shape index (κ1) is 11.0. The number of hydrogen-bond acceptors (Lipinski definition) is 2. The van der Waals surface area contributed by atoms with Crippen molar-refractivity contribution in [1.29, 1.82) is 0 Å². The van der Waals surface area contributed by atoms with Crippen LogP contribution in [0, 0.1) is 6.92 Å². The van der Waals surface area contributed by atoms with E-state index in [-0.39, 0.29) is 0 Å². The molecule has 0 saturated carbocycles. The molecule has 0 aliphatic heterocycles. The zero-order valence-corrected chi connectivity index (χ0v) is 10.0. The molecule has 4 heteroatoms. The van der Waals surface area contributed by atoms with E-state index in [9.17, 15) is 0 Å². The number of aryl methyl sites for hydroxylation is 1. The van der Waals surface area contributed by atoms with E-state index in [2.05, 4.69) is 4.98 Å². The second-order valence-electron chi connectivity index (χ2n) is 3.60. The Morgan fingerprint density at radius 1 is 1.44 bits per heavy atom. The highest BCUT2D eigenvalue weighted by Gasteiger charge is 2.03. The van der Waals surface area contributed by atoms with Crippen molar-refractivity contribution in [3.05, 3.63) is 47.0 Å². The minimum Gasteiger partial charge on any atom is -0.487 e. The van der Waals surface area contributed by atoms with E-state index in [1.807, 2.05) is 42.9 Å². The molecule has 1 aromatic heterocycles. The number of halogens is 1. The first-order valence-electron chi connectivity index (χ1n) is 5.02. The Balaban J connectivity index is 2.05. The zero-order chi connectivity index (χ0) is 11.5. The van der Waals surface area contributed by atoms with Crippen molar-refractivity contribution in [3.63, 3.8) is 0 Å². The lowest BCUT2D eigenvalue weighted by Crippen LogP contribution is -2.02. The third kappa shape index (κ3) is 2.36. The summed E-state index contributed by atoms with van der Waals surface area (Å²) in [7, 11) is 1.97. The fourth-order valence-corrected chi connectivity index (χ4v) is 1.58. The number of hydrogen-bond donors (Lipinski definition) is 0. The van der Waals surface area contributed by atoms with Crippen LogP contribution in [0.3, 0.4) is 0 Å². The van der Waals surface area contributed by atoms with Crippen molar-refractivity contribution in [2.45, 2.75) is 13.5 Å². The molecule has 2 rings (SSSR count). The monoisotopic (exact) mass is 236 g/mol. The van der Waals surface area contributed by atoms with Gasteiger partial charge in [-0.25, -0.2) is 4.98 Å². The fraction of sp³-hybridized carbons (Fsp3) is 0.250. The third-order valence-corrected chi connectivity index (χ3v) is 2.73. The normalized spacial score (nSPS) is 10.4.